The van der Waals surface area contributed by atoms with Crippen molar-refractivity contribution in [3.8, 4) is 32.7 Å². The minimum absolute atomic E-state index is 0.243. The minimum Gasteiger partial charge on any atom is -0.206 e. The second kappa shape index (κ2) is 9.31. The molecule has 5 heteroatoms. The molecule has 3 aromatic carbocycles. The van der Waals surface area contributed by atoms with Crippen LogP contribution < -0.4 is 0 Å². The van der Waals surface area contributed by atoms with E-state index in [4.69, 9.17) is 0 Å². The number of hydrogen-bond acceptors (Lipinski definition) is 4. The number of benzene rings is 3. The van der Waals surface area contributed by atoms with Gasteiger partial charge in [-0.15, -0.1) is 11.3 Å². The lowest BCUT2D eigenvalue weighted by molar-refractivity contribution is 0.632. The van der Waals surface area contributed by atoms with Crippen LogP contribution >= 0.6 is 23.1 Å². The fourth-order valence-corrected chi connectivity index (χ4v) is 5.40. The Hall–Kier alpha value is -2.89. The van der Waals surface area contributed by atoms with E-state index in [-0.39, 0.29) is 5.82 Å². The summed E-state index contributed by atoms with van der Waals surface area (Å²) >= 11 is 2.84. The van der Waals surface area contributed by atoms with Crippen LogP contribution in [0.2, 0.25) is 0 Å². The van der Waals surface area contributed by atoms with E-state index in [1.807, 2.05) is 35.7 Å². The van der Waals surface area contributed by atoms with Crippen molar-refractivity contribution < 1.29 is 4.39 Å². The molecule has 0 aliphatic rings. The highest BCUT2D eigenvalue weighted by molar-refractivity contribution is 7.13. The van der Waals surface area contributed by atoms with Crippen LogP contribution in [0.3, 0.4) is 0 Å². The molecule has 0 aliphatic heterocycles. The van der Waals surface area contributed by atoms with Gasteiger partial charge in [-0.25, -0.2) is 4.39 Å². The van der Waals surface area contributed by atoms with Crippen molar-refractivity contribution in [2.75, 3.05) is 0 Å². The van der Waals surface area contributed by atoms with Crippen LogP contribution in [0, 0.1) is 5.82 Å². The summed E-state index contributed by atoms with van der Waals surface area (Å²) in [6.45, 7) is 2.22. The molecule has 5 rings (SSSR count). The predicted octanol–water partition coefficient (Wildman–Crippen LogP) is 8.63. The van der Waals surface area contributed by atoms with Gasteiger partial charge < -0.3 is 0 Å². The smallest absolute Gasteiger partial charge is 0.131 e. The molecule has 2 heterocycles. The maximum Gasteiger partial charge on any atom is 0.131 e. The van der Waals surface area contributed by atoms with E-state index >= 15 is 4.39 Å². The van der Waals surface area contributed by atoms with E-state index in [1.54, 1.807) is 17.4 Å². The predicted molar refractivity (Wildman–Crippen MR) is 135 cm³/mol. The van der Waals surface area contributed by atoms with Gasteiger partial charge in [0.15, 0.2) is 0 Å². The molecule has 0 bridgehead atoms. The Morgan fingerprint density at radius 2 is 1.50 bits per heavy atom. The first-order valence-electron chi connectivity index (χ1n) is 10.9. The molecular formula is C27H23FN2S2. The van der Waals surface area contributed by atoms with Gasteiger partial charge in [-0.05, 0) is 47.0 Å². The second-order valence-corrected chi connectivity index (χ2v) is 9.42. The van der Waals surface area contributed by atoms with Gasteiger partial charge in [0.1, 0.15) is 16.9 Å². The summed E-state index contributed by atoms with van der Waals surface area (Å²) in [6, 6.07) is 22.1. The molecule has 5 aromatic rings. The first-order chi connectivity index (χ1) is 15.7. The number of hydrogen-bond donors (Lipinski definition) is 0. The van der Waals surface area contributed by atoms with E-state index in [9.17, 15) is 0 Å². The summed E-state index contributed by atoms with van der Waals surface area (Å²) in [6.07, 6.45) is 4.79. The Morgan fingerprint density at radius 3 is 2.22 bits per heavy atom. The maximum atomic E-state index is 15.3. The zero-order valence-electron chi connectivity index (χ0n) is 17.8. The Labute approximate surface area is 195 Å². The molecule has 0 aliphatic carbocycles. The molecular weight excluding hydrogens is 435 g/mol. The number of thiophene rings is 1. The molecule has 2 nitrogen and oxygen atoms in total. The molecule has 0 unspecified atom stereocenters. The SMILES string of the molecule is CCCCCc1ccc(-c2ccc(-c3ccc(-c4cccs4)c4nsnc34)c(F)c2)cc1. The lowest BCUT2D eigenvalue weighted by Crippen LogP contribution is -1.90. The molecule has 0 N–H and O–H groups in total. The highest BCUT2D eigenvalue weighted by Crippen LogP contribution is 2.37. The van der Waals surface area contributed by atoms with Gasteiger partial charge in [0.05, 0.1) is 11.7 Å². The van der Waals surface area contributed by atoms with Gasteiger partial charge in [0, 0.05) is 21.6 Å². The number of aromatic nitrogens is 2. The van der Waals surface area contributed by atoms with Crippen LogP contribution in [0.4, 0.5) is 4.39 Å². The van der Waals surface area contributed by atoms with Gasteiger partial charge in [0.2, 0.25) is 0 Å². The van der Waals surface area contributed by atoms with Crippen molar-refractivity contribution >= 4 is 34.1 Å². The fraction of sp³-hybridized carbons (Fsp3) is 0.185. The minimum atomic E-state index is -0.243. The summed E-state index contributed by atoms with van der Waals surface area (Å²) in [7, 11) is 0. The summed E-state index contributed by atoms with van der Waals surface area (Å²) in [4.78, 5) is 1.14. The first-order valence-corrected chi connectivity index (χ1v) is 12.5. The van der Waals surface area contributed by atoms with Crippen molar-refractivity contribution in [1.82, 2.24) is 8.75 Å². The number of rotatable bonds is 7. The van der Waals surface area contributed by atoms with Crippen molar-refractivity contribution in [3.63, 3.8) is 0 Å². The van der Waals surface area contributed by atoms with Gasteiger partial charge >= 0.3 is 0 Å². The molecule has 0 spiro atoms. The highest BCUT2D eigenvalue weighted by Gasteiger charge is 2.16. The summed E-state index contributed by atoms with van der Waals surface area (Å²) in [5, 5.41) is 2.05. The standard InChI is InChI=1S/C27H23FN2S2/c1-2-3-4-6-18-8-10-19(11-9-18)20-12-13-21(24(28)17-20)22-14-15-23(25-7-5-16-31-25)27-26(22)29-32-30-27/h5,7-17H,2-4,6H2,1H3. The Balaban J connectivity index is 1.46. The molecule has 0 radical (unpaired) electrons. The van der Waals surface area contributed by atoms with Gasteiger partial charge in [-0.3, -0.25) is 0 Å². The molecule has 0 saturated heterocycles. The van der Waals surface area contributed by atoms with Crippen molar-refractivity contribution in [3.05, 3.63) is 83.5 Å². The third-order valence-electron chi connectivity index (χ3n) is 5.82. The Kier molecular flexibility index (Phi) is 6.10. The molecule has 0 fully saturated rings. The van der Waals surface area contributed by atoms with E-state index in [0.717, 1.165) is 44.6 Å². The van der Waals surface area contributed by atoms with Crippen LogP contribution in [0.5, 0.6) is 0 Å². The van der Waals surface area contributed by atoms with Gasteiger partial charge in [0.25, 0.3) is 0 Å². The third kappa shape index (κ3) is 4.10. The molecule has 0 amide bonds. The van der Waals surface area contributed by atoms with E-state index < -0.39 is 0 Å². The fourth-order valence-electron chi connectivity index (χ4n) is 4.07. The van der Waals surface area contributed by atoms with Crippen molar-refractivity contribution in [2.45, 2.75) is 32.6 Å². The molecule has 0 saturated carbocycles. The summed E-state index contributed by atoms with van der Waals surface area (Å²) < 4.78 is 24.3. The lowest BCUT2D eigenvalue weighted by atomic mass is 9.96. The van der Waals surface area contributed by atoms with Gasteiger partial charge in [-0.1, -0.05) is 74.4 Å². The Morgan fingerprint density at radius 1 is 0.781 bits per heavy atom. The van der Waals surface area contributed by atoms with Crippen LogP contribution in [0.25, 0.3) is 43.7 Å². The van der Waals surface area contributed by atoms with Gasteiger partial charge in [-0.2, -0.15) is 8.75 Å². The highest BCUT2D eigenvalue weighted by atomic mass is 32.1. The zero-order chi connectivity index (χ0) is 21.9. The number of nitrogens with zero attached hydrogens (tertiary/aromatic N) is 2. The maximum absolute atomic E-state index is 15.3. The first kappa shape index (κ1) is 21.0. The quantitative estimate of drug-likeness (QED) is 0.228. The molecule has 32 heavy (non-hydrogen) atoms. The summed E-state index contributed by atoms with van der Waals surface area (Å²) in [5.74, 6) is -0.243. The van der Waals surface area contributed by atoms with Crippen molar-refractivity contribution in [2.24, 2.45) is 0 Å². The number of unbranched alkanes of at least 4 members (excludes halogenated alkanes) is 2. The Bertz CT molecular complexity index is 1340. The largest absolute Gasteiger partial charge is 0.206 e. The van der Waals surface area contributed by atoms with E-state index in [0.29, 0.717) is 5.56 Å². The number of halogens is 1. The van der Waals surface area contributed by atoms with E-state index in [2.05, 4.69) is 46.0 Å². The van der Waals surface area contributed by atoms with Crippen LogP contribution in [-0.2, 0) is 6.42 Å². The normalized spacial score (nSPS) is 11.3. The van der Waals surface area contributed by atoms with Crippen LogP contribution in [-0.4, -0.2) is 8.75 Å². The average molecular weight is 459 g/mol. The van der Waals surface area contributed by atoms with Crippen LogP contribution in [0.15, 0.2) is 72.1 Å². The third-order valence-corrected chi connectivity index (χ3v) is 7.25. The van der Waals surface area contributed by atoms with Crippen molar-refractivity contribution in [1.29, 1.82) is 0 Å². The number of fused-ring (bicyclic) bond motifs is 1. The summed E-state index contributed by atoms with van der Waals surface area (Å²) in [5.41, 5.74) is 7.22. The lowest BCUT2D eigenvalue weighted by Gasteiger charge is -2.09. The second-order valence-electron chi connectivity index (χ2n) is 7.95. The zero-order valence-corrected chi connectivity index (χ0v) is 19.5. The molecule has 2 aromatic heterocycles. The topological polar surface area (TPSA) is 25.8 Å². The number of aryl methyl sites for hydroxylation is 1. The molecule has 160 valence electrons. The molecule has 0 atom stereocenters. The monoisotopic (exact) mass is 458 g/mol. The average Bonchev–Trinajstić information content (AvgIpc) is 3.52. The van der Waals surface area contributed by atoms with Crippen LogP contribution in [0.1, 0.15) is 31.7 Å². The van der Waals surface area contributed by atoms with E-state index in [1.165, 1.54) is 36.6 Å².